The highest BCUT2D eigenvalue weighted by atomic mass is 35.5. The zero-order chi connectivity index (χ0) is 31.8. The smallest absolute Gasteiger partial charge is 0.374 e. The largest absolute Gasteiger partial charge is 0.439 e. The average molecular weight is 660 g/mol. The number of oxazole rings is 1. The van der Waals surface area contributed by atoms with Crippen LogP contribution >= 0.6 is 11.6 Å². The third-order valence-corrected chi connectivity index (χ3v) is 10.0. The third kappa shape index (κ3) is 6.84. The first-order chi connectivity index (χ1) is 20.7. The molecule has 44 heavy (non-hydrogen) atoms. The van der Waals surface area contributed by atoms with E-state index in [9.17, 15) is 25.9 Å². The van der Waals surface area contributed by atoms with Crippen molar-refractivity contribution in [3.8, 4) is 16.9 Å². The Morgan fingerprint density at radius 2 is 1.66 bits per heavy atom. The molecule has 4 aromatic rings. The Hall–Kier alpha value is -3.68. The Balaban J connectivity index is 1.61. The summed E-state index contributed by atoms with van der Waals surface area (Å²) in [6, 6.07) is 20.3. The summed E-state index contributed by atoms with van der Waals surface area (Å²) in [5.74, 6) is 1.12. The third-order valence-electron chi connectivity index (χ3n) is 7.45. The molecule has 2 atom stereocenters. The van der Waals surface area contributed by atoms with Crippen molar-refractivity contribution in [2.45, 2.75) is 44.2 Å². The summed E-state index contributed by atoms with van der Waals surface area (Å²) in [7, 11) is -8.68. The van der Waals surface area contributed by atoms with E-state index >= 15 is 0 Å². The Kier molecular flexibility index (Phi) is 8.92. The SMILES string of the molecule is CCC(/C=C1\Oc2ccc(Cl)cc2N1CC(C)S(=O)(=O)O)=C\c1oc2ccc(-c3ccccc3)cc2[n+]1CC(C)S(=O)(=O)O. The van der Waals surface area contributed by atoms with E-state index in [1.807, 2.05) is 55.5 Å². The van der Waals surface area contributed by atoms with Crippen molar-refractivity contribution in [2.75, 3.05) is 11.4 Å². The van der Waals surface area contributed by atoms with Gasteiger partial charge in [0.05, 0.1) is 11.8 Å². The first-order valence-electron chi connectivity index (χ1n) is 13.9. The first-order valence-corrected chi connectivity index (χ1v) is 17.2. The molecule has 0 bridgehead atoms. The number of hydrogen-bond donors (Lipinski definition) is 2. The Bertz CT molecular complexity index is 1990. The van der Waals surface area contributed by atoms with Crippen molar-refractivity contribution >= 4 is 54.7 Å². The van der Waals surface area contributed by atoms with Crippen molar-refractivity contribution in [3.05, 3.63) is 95.2 Å². The summed E-state index contributed by atoms with van der Waals surface area (Å²) in [4.78, 5) is 1.63. The summed E-state index contributed by atoms with van der Waals surface area (Å²) in [5.41, 5.74) is 4.28. The fourth-order valence-corrected chi connectivity index (χ4v) is 5.68. The van der Waals surface area contributed by atoms with Crippen LogP contribution in [0.4, 0.5) is 5.69 Å². The standard InChI is InChI=1S/C31H31ClN2O8S2/c1-4-22(15-31-34(19-21(3)44(38,39)40)27-17-25(32)11-13-29(27)42-31)14-30-33(18-20(2)43(35,36)37)26-16-24(10-12-28(26)41-30)23-8-6-5-7-9-23/h5-17,20-21H,4,18-19H2,1-3H3,(H-,35,36,37,38,39,40)/p+1. The Morgan fingerprint density at radius 3 is 2.32 bits per heavy atom. The molecule has 0 radical (unpaired) electrons. The molecule has 0 spiro atoms. The number of aromatic nitrogens is 1. The van der Waals surface area contributed by atoms with Gasteiger partial charge in [-0.3, -0.25) is 9.11 Å². The minimum absolute atomic E-state index is 0.0814. The highest BCUT2D eigenvalue weighted by Crippen LogP contribution is 2.41. The van der Waals surface area contributed by atoms with Gasteiger partial charge in [0.2, 0.25) is 11.5 Å². The van der Waals surface area contributed by atoms with Crippen LogP contribution in [-0.4, -0.2) is 43.0 Å². The van der Waals surface area contributed by atoms with Gasteiger partial charge in [0.1, 0.15) is 10.5 Å². The molecule has 0 saturated heterocycles. The van der Waals surface area contributed by atoms with Gasteiger partial charge in [-0.15, -0.1) is 0 Å². The predicted molar refractivity (Wildman–Crippen MR) is 170 cm³/mol. The van der Waals surface area contributed by atoms with Crippen LogP contribution in [0.15, 0.2) is 88.7 Å². The molecule has 5 rings (SSSR count). The van der Waals surface area contributed by atoms with Gasteiger partial charge in [0.25, 0.3) is 25.8 Å². The molecule has 0 fully saturated rings. The quantitative estimate of drug-likeness (QED) is 0.152. The van der Waals surface area contributed by atoms with E-state index < -0.39 is 30.7 Å². The normalized spacial score (nSPS) is 16.3. The molecule has 0 amide bonds. The molecular weight excluding hydrogens is 628 g/mol. The molecule has 0 saturated carbocycles. The molecule has 3 aromatic carbocycles. The van der Waals surface area contributed by atoms with Gasteiger partial charge in [0.15, 0.2) is 12.3 Å². The second kappa shape index (κ2) is 12.4. The van der Waals surface area contributed by atoms with Gasteiger partial charge in [-0.25, -0.2) is 0 Å². The minimum Gasteiger partial charge on any atom is -0.439 e. The Morgan fingerprint density at radius 1 is 0.955 bits per heavy atom. The molecule has 232 valence electrons. The molecule has 2 heterocycles. The maximum absolute atomic E-state index is 12.0. The zero-order valence-corrected chi connectivity index (χ0v) is 26.6. The minimum atomic E-state index is -4.35. The van der Waals surface area contributed by atoms with Crippen molar-refractivity contribution in [1.82, 2.24) is 0 Å². The maximum Gasteiger partial charge on any atom is 0.374 e. The predicted octanol–water partition coefficient (Wildman–Crippen LogP) is 6.13. The topological polar surface area (TPSA) is 138 Å². The van der Waals surface area contributed by atoms with Gasteiger partial charge in [-0.1, -0.05) is 54.9 Å². The zero-order valence-electron chi connectivity index (χ0n) is 24.2. The monoisotopic (exact) mass is 659 g/mol. The Labute approximate surface area is 261 Å². The van der Waals surface area contributed by atoms with Crippen LogP contribution in [0.5, 0.6) is 5.75 Å². The van der Waals surface area contributed by atoms with E-state index in [0.29, 0.717) is 51.3 Å². The first kappa shape index (κ1) is 31.7. The van der Waals surface area contributed by atoms with Crippen LogP contribution in [0.3, 0.4) is 0 Å². The number of ether oxygens (including phenoxy) is 1. The summed E-state index contributed by atoms with van der Waals surface area (Å²) in [6.45, 7) is 4.54. The average Bonchev–Trinajstić information content (AvgIpc) is 3.48. The molecule has 2 unspecified atom stereocenters. The second-order valence-electron chi connectivity index (χ2n) is 10.6. The number of rotatable bonds is 10. The van der Waals surface area contributed by atoms with Crippen molar-refractivity contribution in [1.29, 1.82) is 0 Å². The fraction of sp³-hybridized carbons (Fsp3) is 0.258. The number of nitrogens with zero attached hydrogens (tertiary/aromatic N) is 2. The molecule has 1 aliphatic rings. The number of benzene rings is 3. The van der Waals surface area contributed by atoms with Crippen molar-refractivity contribution < 1.29 is 39.7 Å². The lowest BCUT2D eigenvalue weighted by atomic mass is 10.1. The number of halogens is 1. The highest BCUT2D eigenvalue weighted by Gasteiger charge is 2.32. The lowest BCUT2D eigenvalue weighted by Crippen LogP contribution is -2.42. The van der Waals surface area contributed by atoms with Crippen molar-refractivity contribution in [2.24, 2.45) is 0 Å². The summed E-state index contributed by atoms with van der Waals surface area (Å²) in [5, 5.41) is -1.83. The number of anilines is 1. The summed E-state index contributed by atoms with van der Waals surface area (Å²) < 4.78 is 81.2. The van der Waals surface area contributed by atoms with Gasteiger partial charge in [-0.2, -0.15) is 21.4 Å². The molecule has 2 N–H and O–H groups in total. The van der Waals surface area contributed by atoms with Crippen LogP contribution < -0.4 is 14.2 Å². The van der Waals surface area contributed by atoms with Crippen LogP contribution in [0.2, 0.25) is 5.02 Å². The van der Waals surface area contributed by atoms with E-state index in [4.69, 9.17) is 20.8 Å². The van der Waals surface area contributed by atoms with E-state index in [1.165, 1.54) is 13.8 Å². The van der Waals surface area contributed by atoms with E-state index in [2.05, 4.69) is 0 Å². The van der Waals surface area contributed by atoms with E-state index in [-0.39, 0.29) is 13.1 Å². The molecule has 1 aromatic heterocycles. The van der Waals surface area contributed by atoms with Crippen LogP contribution in [-0.2, 0) is 26.8 Å². The lowest BCUT2D eigenvalue weighted by molar-refractivity contribution is -0.677. The van der Waals surface area contributed by atoms with Crippen molar-refractivity contribution in [3.63, 3.8) is 0 Å². The van der Waals surface area contributed by atoms with Gasteiger partial charge < -0.3 is 14.1 Å². The van der Waals surface area contributed by atoms with E-state index in [0.717, 1.165) is 11.1 Å². The molecule has 0 aliphatic carbocycles. The highest BCUT2D eigenvalue weighted by molar-refractivity contribution is 7.86. The second-order valence-corrected chi connectivity index (χ2v) is 14.7. The molecule has 10 nitrogen and oxygen atoms in total. The summed E-state index contributed by atoms with van der Waals surface area (Å²) in [6.07, 6.45) is 3.96. The van der Waals surface area contributed by atoms with Gasteiger partial charge in [0, 0.05) is 23.7 Å². The fourth-order valence-electron chi connectivity index (χ4n) is 4.84. The lowest BCUT2D eigenvalue weighted by Gasteiger charge is -2.21. The van der Waals surface area contributed by atoms with E-state index in [1.54, 1.807) is 39.8 Å². The number of allylic oxidation sites excluding steroid dienone is 2. The van der Waals surface area contributed by atoms with Gasteiger partial charge in [-0.05, 0) is 61.2 Å². The number of hydrogen-bond acceptors (Lipinski definition) is 7. The number of fused-ring (bicyclic) bond motifs is 2. The summed E-state index contributed by atoms with van der Waals surface area (Å²) >= 11 is 6.23. The van der Waals surface area contributed by atoms with Crippen LogP contribution in [0.25, 0.3) is 28.3 Å². The maximum atomic E-state index is 12.0. The van der Waals surface area contributed by atoms with Crippen LogP contribution in [0, 0.1) is 0 Å². The molecule has 13 heteroatoms. The van der Waals surface area contributed by atoms with Gasteiger partial charge >= 0.3 is 5.89 Å². The molecule has 1 aliphatic heterocycles. The van der Waals surface area contributed by atoms with Crippen LogP contribution in [0.1, 0.15) is 33.1 Å². The molecular formula is C31H32ClN2O8S2+.